The minimum atomic E-state index is -0.290. The zero-order chi connectivity index (χ0) is 20.9. The van der Waals surface area contributed by atoms with Crippen LogP contribution in [0.25, 0.3) is 0 Å². The maximum Gasteiger partial charge on any atom is 0.249 e. The SMILES string of the molecule is COCC(=O)N1CCc2[nH]cnc2C12CCN(CC=C(C)CCC=C(C)C)CC2. The Morgan fingerprint density at radius 2 is 2.00 bits per heavy atom. The van der Waals surface area contributed by atoms with Crippen LogP contribution in [0.4, 0.5) is 0 Å². The van der Waals surface area contributed by atoms with Gasteiger partial charge in [0.05, 0.1) is 17.6 Å². The van der Waals surface area contributed by atoms with Crippen molar-refractivity contribution in [1.82, 2.24) is 19.8 Å². The van der Waals surface area contributed by atoms with Crippen molar-refractivity contribution in [3.63, 3.8) is 0 Å². The first-order valence-electron chi connectivity index (χ1n) is 10.8. The Kier molecular flexibility index (Phi) is 7.30. The van der Waals surface area contributed by atoms with Gasteiger partial charge in [-0.2, -0.15) is 0 Å². The van der Waals surface area contributed by atoms with E-state index < -0.39 is 0 Å². The van der Waals surface area contributed by atoms with Crippen LogP contribution >= 0.6 is 0 Å². The lowest BCUT2D eigenvalue weighted by molar-refractivity contribution is -0.146. The number of allylic oxidation sites excluding steroid dienone is 3. The average molecular weight is 401 g/mol. The summed E-state index contributed by atoms with van der Waals surface area (Å²) in [6, 6.07) is 0. The topological polar surface area (TPSA) is 61.5 Å². The molecule has 1 amide bonds. The summed E-state index contributed by atoms with van der Waals surface area (Å²) >= 11 is 0. The first-order chi connectivity index (χ1) is 14.0. The molecule has 0 aliphatic carbocycles. The van der Waals surface area contributed by atoms with E-state index in [-0.39, 0.29) is 18.1 Å². The normalized spacial score (nSPS) is 19.3. The van der Waals surface area contributed by atoms with E-state index in [9.17, 15) is 4.79 Å². The molecule has 0 saturated carbocycles. The third-order valence-electron chi connectivity index (χ3n) is 6.30. The summed E-state index contributed by atoms with van der Waals surface area (Å²) in [6.45, 7) is 10.3. The fourth-order valence-electron chi connectivity index (χ4n) is 4.63. The number of carbonyl (C=O) groups excluding carboxylic acids is 1. The van der Waals surface area contributed by atoms with Crippen LogP contribution in [0.15, 0.2) is 29.6 Å². The molecule has 1 N–H and O–H groups in total. The minimum Gasteiger partial charge on any atom is -0.375 e. The maximum absolute atomic E-state index is 12.8. The average Bonchev–Trinajstić information content (AvgIpc) is 3.18. The molecule has 1 aromatic heterocycles. The van der Waals surface area contributed by atoms with Gasteiger partial charge in [0.15, 0.2) is 0 Å². The molecule has 3 heterocycles. The molecule has 0 bridgehead atoms. The van der Waals surface area contributed by atoms with E-state index in [1.807, 2.05) is 4.90 Å². The molecular formula is C23H36N4O2. The summed E-state index contributed by atoms with van der Waals surface area (Å²) in [7, 11) is 1.59. The van der Waals surface area contributed by atoms with Crippen molar-refractivity contribution in [3.05, 3.63) is 41.0 Å². The Hall–Kier alpha value is -1.92. The number of piperidine rings is 1. The van der Waals surface area contributed by atoms with Gasteiger partial charge in [0.1, 0.15) is 6.61 Å². The number of hydrogen-bond donors (Lipinski definition) is 1. The van der Waals surface area contributed by atoms with Crippen molar-refractivity contribution >= 4 is 5.91 Å². The van der Waals surface area contributed by atoms with Crippen LogP contribution in [0.2, 0.25) is 0 Å². The highest BCUT2D eigenvalue weighted by Crippen LogP contribution is 2.42. The second kappa shape index (κ2) is 9.72. The van der Waals surface area contributed by atoms with Gasteiger partial charge in [-0.3, -0.25) is 9.69 Å². The zero-order valence-corrected chi connectivity index (χ0v) is 18.5. The van der Waals surface area contributed by atoms with E-state index >= 15 is 0 Å². The van der Waals surface area contributed by atoms with Crippen LogP contribution in [0.3, 0.4) is 0 Å². The number of hydrogen-bond acceptors (Lipinski definition) is 4. The van der Waals surface area contributed by atoms with Crippen LogP contribution < -0.4 is 0 Å². The van der Waals surface area contributed by atoms with Crippen LogP contribution in [0.5, 0.6) is 0 Å². The number of likely N-dealkylation sites (tertiary alicyclic amines) is 1. The van der Waals surface area contributed by atoms with E-state index in [2.05, 4.69) is 47.8 Å². The van der Waals surface area contributed by atoms with E-state index in [1.165, 1.54) is 16.8 Å². The molecule has 0 unspecified atom stereocenters. The van der Waals surface area contributed by atoms with Gasteiger partial charge in [-0.05, 0) is 46.5 Å². The first-order valence-corrected chi connectivity index (χ1v) is 10.8. The van der Waals surface area contributed by atoms with Crippen molar-refractivity contribution in [2.75, 3.05) is 39.9 Å². The standard InChI is InChI=1S/C23H36N4O2/c1-18(2)6-5-7-19(3)8-12-26-14-10-23(11-15-26)22-20(24-17-25-22)9-13-27(23)21(28)16-29-4/h6,8,17H,5,7,9-16H2,1-4H3,(H,24,25). The third kappa shape index (κ3) is 4.98. The number of nitrogens with zero attached hydrogens (tertiary/aromatic N) is 3. The molecule has 1 aromatic rings. The smallest absolute Gasteiger partial charge is 0.249 e. The lowest BCUT2D eigenvalue weighted by Gasteiger charge is -2.50. The monoisotopic (exact) mass is 400 g/mol. The largest absolute Gasteiger partial charge is 0.375 e. The van der Waals surface area contributed by atoms with E-state index in [1.54, 1.807) is 13.4 Å². The second-order valence-corrected chi connectivity index (χ2v) is 8.66. The van der Waals surface area contributed by atoms with Crippen molar-refractivity contribution in [3.8, 4) is 0 Å². The Bertz CT molecular complexity index is 753. The lowest BCUT2D eigenvalue weighted by Crippen LogP contribution is -2.59. The number of fused-ring (bicyclic) bond motifs is 2. The molecule has 2 aliphatic heterocycles. The van der Waals surface area contributed by atoms with Crippen molar-refractivity contribution in [1.29, 1.82) is 0 Å². The van der Waals surface area contributed by atoms with E-state index in [0.29, 0.717) is 0 Å². The molecule has 29 heavy (non-hydrogen) atoms. The Morgan fingerprint density at radius 1 is 1.24 bits per heavy atom. The van der Waals surface area contributed by atoms with Crippen LogP contribution in [-0.4, -0.2) is 65.6 Å². The predicted molar refractivity (Wildman–Crippen MR) is 116 cm³/mol. The number of rotatable bonds is 7. The molecule has 6 nitrogen and oxygen atoms in total. The fraction of sp³-hybridized carbons (Fsp3) is 0.652. The van der Waals surface area contributed by atoms with Gasteiger partial charge < -0.3 is 14.6 Å². The second-order valence-electron chi connectivity index (χ2n) is 8.66. The number of aromatic amines is 1. The van der Waals surface area contributed by atoms with Gasteiger partial charge in [0.2, 0.25) is 5.91 Å². The number of methoxy groups -OCH3 is 1. The number of aromatic nitrogens is 2. The van der Waals surface area contributed by atoms with Crippen LogP contribution in [-0.2, 0) is 21.5 Å². The third-order valence-corrected chi connectivity index (χ3v) is 6.30. The van der Waals surface area contributed by atoms with Gasteiger partial charge in [-0.25, -0.2) is 4.98 Å². The maximum atomic E-state index is 12.8. The molecule has 1 saturated heterocycles. The summed E-state index contributed by atoms with van der Waals surface area (Å²) in [5.41, 5.74) is 4.81. The van der Waals surface area contributed by atoms with Crippen LogP contribution in [0.1, 0.15) is 57.8 Å². The van der Waals surface area contributed by atoms with Gasteiger partial charge in [0, 0.05) is 45.4 Å². The summed E-state index contributed by atoms with van der Waals surface area (Å²) in [4.78, 5) is 25.3. The number of carbonyl (C=O) groups is 1. The minimum absolute atomic E-state index is 0.0737. The molecule has 2 aliphatic rings. The summed E-state index contributed by atoms with van der Waals surface area (Å²) in [5.74, 6) is 0.0737. The summed E-state index contributed by atoms with van der Waals surface area (Å²) in [6.07, 6.45) is 11.4. The van der Waals surface area contributed by atoms with Gasteiger partial charge in [-0.1, -0.05) is 23.3 Å². The first kappa shape index (κ1) is 21.8. The fourth-order valence-corrected chi connectivity index (χ4v) is 4.63. The summed E-state index contributed by atoms with van der Waals surface area (Å²) < 4.78 is 5.15. The number of H-pyrrole nitrogens is 1. The molecule has 0 radical (unpaired) electrons. The van der Waals surface area contributed by atoms with Gasteiger partial charge in [0.25, 0.3) is 0 Å². The number of nitrogens with one attached hydrogen (secondary N) is 1. The van der Waals surface area contributed by atoms with E-state index in [4.69, 9.17) is 4.74 Å². The summed E-state index contributed by atoms with van der Waals surface area (Å²) in [5, 5.41) is 0. The number of ether oxygens (including phenoxy) is 1. The van der Waals surface area contributed by atoms with Crippen molar-refractivity contribution in [2.45, 2.75) is 58.4 Å². The number of imidazole rings is 1. The Balaban J connectivity index is 1.65. The van der Waals surface area contributed by atoms with Crippen LogP contribution in [0, 0.1) is 0 Å². The molecule has 0 aromatic carbocycles. The molecule has 6 heteroatoms. The molecule has 1 fully saturated rings. The molecular weight excluding hydrogens is 364 g/mol. The van der Waals surface area contributed by atoms with E-state index in [0.717, 1.165) is 64.0 Å². The van der Waals surface area contributed by atoms with Gasteiger partial charge in [-0.15, -0.1) is 0 Å². The number of amides is 1. The zero-order valence-electron chi connectivity index (χ0n) is 18.5. The highest BCUT2D eigenvalue weighted by molar-refractivity contribution is 5.79. The predicted octanol–water partition coefficient (Wildman–Crippen LogP) is 3.42. The van der Waals surface area contributed by atoms with Crippen molar-refractivity contribution in [2.24, 2.45) is 0 Å². The molecule has 1 spiro atoms. The molecule has 0 atom stereocenters. The van der Waals surface area contributed by atoms with Crippen molar-refractivity contribution < 1.29 is 9.53 Å². The quantitative estimate of drug-likeness (QED) is 0.713. The molecule has 160 valence electrons. The Labute approximate surface area is 175 Å². The highest BCUT2D eigenvalue weighted by atomic mass is 16.5. The Morgan fingerprint density at radius 3 is 2.69 bits per heavy atom. The highest BCUT2D eigenvalue weighted by Gasteiger charge is 2.48. The van der Waals surface area contributed by atoms with Gasteiger partial charge >= 0.3 is 0 Å². The molecule has 3 rings (SSSR count). The lowest BCUT2D eigenvalue weighted by atomic mass is 9.78.